The number of aliphatic hydroxyl groups is 1. The Hall–Kier alpha value is -2.09. The maximum absolute atomic E-state index is 13.5. The van der Waals surface area contributed by atoms with E-state index in [9.17, 15) is 18.3 Å². The number of aromatic nitrogens is 2. The predicted molar refractivity (Wildman–Crippen MR) is 75.2 cm³/mol. The lowest BCUT2D eigenvalue weighted by Gasteiger charge is -2.16. The minimum atomic E-state index is -2.27. The van der Waals surface area contributed by atoms with E-state index in [2.05, 4.69) is 10.2 Å². The van der Waals surface area contributed by atoms with Gasteiger partial charge in [0.2, 0.25) is 11.8 Å². The van der Waals surface area contributed by atoms with E-state index in [-0.39, 0.29) is 18.1 Å². The van der Waals surface area contributed by atoms with E-state index in [1.807, 2.05) is 0 Å². The molecule has 126 valence electrons. The monoisotopic (exact) mass is 330 g/mol. The molecule has 0 radical (unpaired) electrons. The Labute approximate surface area is 131 Å². The van der Waals surface area contributed by atoms with Crippen molar-refractivity contribution in [2.24, 2.45) is 0 Å². The highest BCUT2D eigenvalue weighted by Crippen LogP contribution is 2.24. The second-order valence-corrected chi connectivity index (χ2v) is 4.97. The summed E-state index contributed by atoms with van der Waals surface area (Å²) in [5.41, 5.74) is 0.423. The van der Waals surface area contributed by atoms with E-state index in [0.29, 0.717) is 11.5 Å². The van der Waals surface area contributed by atoms with E-state index in [1.165, 1.54) is 18.2 Å². The Morgan fingerprint density at radius 1 is 1.30 bits per heavy atom. The average molecular weight is 330 g/mol. The van der Waals surface area contributed by atoms with Crippen molar-refractivity contribution in [1.29, 1.82) is 0 Å². The van der Waals surface area contributed by atoms with Crippen LogP contribution in [0.5, 0.6) is 5.75 Å². The van der Waals surface area contributed by atoms with Gasteiger partial charge in [0, 0.05) is 13.3 Å². The molecule has 3 unspecified atom stereocenters. The quantitative estimate of drug-likeness (QED) is 0.806. The van der Waals surface area contributed by atoms with E-state index in [0.717, 1.165) is 0 Å². The van der Waals surface area contributed by atoms with Gasteiger partial charge in [0.05, 0.1) is 19.2 Å². The van der Waals surface area contributed by atoms with Crippen LogP contribution in [0.3, 0.4) is 0 Å². The molecule has 0 saturated carbocycles. The third-order valence-corrected chi connectivity index (χ3v) is 3.10. The van der Waals surface area contributed by atoms with Crippen molar-refractivity contribution in [2.75, 3.05) is 6.67 Å². The van der Waals surface area contributed by atoms with Gasteiger partial charge >= 0.3 is 0 Å². The Kier molecular flexibility index (Phi) is 5.97. The summed E-state index contributed by atoms with van der Waals surface area (Å²) in [6, 6.07) is 5.93. The fourth-order valence-electron chi connectivity index (χ4n) is 1.94. The van der Waals surface area contributed by atoms with E-state index >= 15 is 0 Å². The lowest BCUT2D eigenvalue weighted by atomic mass is 10.1. The number of hydrogen-bond donors (Lipinski definition) is 1. The molecule has 3 atom stereocenters. The van der Waals surface area contributed by atoms with Crippen LogP contribution < -0.4 is 4.74 Å². The molecule has 0 aliphatic carbocycles. The van der Waals surface area contributed by atoms with Gasteiger partial charge in [0.15, 0.2) is 6.17 Å². The summed E-state index contributed by atoms with van der Waals surface area (Å²) in [5, 5.41) is 17.6. The zero-order chi connectivity index (χ0) is 16.8. The molecule has 8 heteroatoms. The lowest BCUT2D eigenvalue weighted by molar-refractivity contribution is -0.0113. The minimum absolute atomic E-state index is 0.0391. The number of nitrogens with zero attached hydrogens (tertiary/aromatic N) is 2. The molecule has 2 aromatic rings. The Morgan fingerprint density at radius 2 is 2.09 bits per heavy atom. The molecule has 1 heterocycles. The SMILES string of the molecule is Cc1nnc(CC(O)c2cccc(OC(F)C(F)CCF)c2)o1. The summed E-state index contributed by atoms with van der Waals surface area (Å²) < 4.78 is 48.7. The highest BCUT2D eigenvalue weighted by Gasteiger charge is 2.22. The molecular formula is C15H17F3N2O3. The van der Waals surface area contributed by atoms with E-state index in [4.69, 9.17) is 9.15 Å². The molecule has 0 spiro atoms. The molecule has 0 amide bonds. The maximum Gasteiger partial charge on any atom is 0.269 e. The molecule has 0 fully saturated rings. The molecule has 0 bridgehead atoms. The van der Waals surface area contributed by atoms with Crippen LogP contribution in [0.25, 0.3) is 0 Å². The highest BCUT2D eigenvalue weighted by atomic mass is 19.2. The fraction of sp³-hybridized carbons (Fsp3) is 0.467. The first-order chi connectivity index (χ1) is 11.0. The van der Waals surface area contributed by atoms with Gasteiger partial charge in [-0.25, -0.2) is 4.39 Å². The number of aliphatic hydroxyl groups excluding tert-OH is 1. The van der Waals surface area contributed by atoms with Crippen molar-refractivity contribution in [3.05, 3.63) is 41.6 Å². The average Bonchev–Trinajstić information content (AvgIpc) is 2.92. The van der Waals surface area contributed by atoms with Crippen LogP contribution >= 0.6 is 0 Å². The first-order valence-electron chi connectivity index (χ1n) is 7.07. The van der Waals surface area contributed by atoms with Crippen LogP contribution in [0.1, 0.15) is 29.9 Å². The number of benzene rings is 1. The van der Waals surface area contributed by atoms with Crippen LogP contribution in [-0.4, -0.2) is 34.5 Å². The van der Waals surface area contributed by atoms with Crippen molar-refractivity contribution >= 4 is 0 Å². The van der Waals surface area contributed by atoms with Crippen LogP contribution in [-0.2, 0) is 6.42 Å². The molecule has 0 saturated heterocycles. The van der Waals surface area contributed by atoms with Crippen molar-refractivity contribution in [3.63, 3.8) is 0 Å². The number of hydrogen-bond acceptors (Lipinski definition) is 5. The van der Waals surface area contributed by atoms with Gasteiger partial charge < -0.3 is 14.3 Å². The Bertz CT molecular complexity index is 624. The number of halogens is 3. The normalized spacial score (nSPS) is 15.2. The molecule has 1 aromatic carbocycles. The van der Waals surface area contributed by atoms with Crippen LogP contribution in [0.4, 0.5) is 13.2 Å². The van der Waals surface area contributed by atoms with Crippen LogP contribution in [0.2, 0.25) is 0 Å². The molecule has 23 heavy (non-hydrogen) atoms. The summed E-state index contributed by atoms with van der Waals surface area (Å²) in [7, 11) is 0. The highest BCUT2D eigenvalue weighted by molar-refractivity contribution is 5.30. The molecule has 1 N–H and O–H groups in total. The van der Waals surface area contributed by atoms with Crippen LogP contribution in [0, 0.1) is 6.92 Å². The minimum Gasteiger partial charge on any atom is -0.457 e. The first-order valence-corrected chi connectivity index (χ1v) is 7.07. The third-order valence-electron chi connectivity index (χ3n) is 3.10. The van der Waals surface area contributed by atoms with Gasteiger partial charge in [0.1, 0.15) is 5.75 Å². The van der Waals surface area contributed by atoms with E-state index < -0.39 is 31.7 Å². The van der Waals surface area contributed by atoms with Crippen molar-refractivity contribution in [1.82, 2.24) is 10.2 Å². The van der Waals surface area contributed by atoms with Gasteiger partial charge in [-0.3, -0.25) is 4.39 Å². The second kappa shape index (κ2) is 7.96. The van der Waals surface area contributed by atoms with Gasteiger partial charge in [-0.1, -0.05) is 12.1 Å². The van der Waals surface area contributed by atoms with Crippen molar-refractivity contribution < 1.29 is 27.4 Å². The molecule has 2 rings (SSSR count). The van der Waals surface area contributed by atoms with Gasteiger partial charge in [-0.15, -0.1) is 10.2 Å². The Balaban J connectivity index is 2.01. The largest absolute Gasteiger partial charge is 0.457 e. The molecule has 5 nitrogen and oxygen atoms in total. The van der Waals surface area contributed by atoms with Gasteiger partial charge in [-0.2, -0.15) is 4.39 Å². The predicted octanol–water partition coefficient (Wildman–Crippen LogP) is 3.03. The lowest BCUT2D eigenvalue weighted by Crippen LogP contribution is -2.24. The molecule has 1 aromatic heterocycles. The summed E-state index contributed by atoms with van der Waals surface area (Å²) >= 11 is 0. The van der Waals surface area contributed by atoms with Gasteiger partial charge in [0.25, 0.3) is 6.36 Å². The van der Waals surface area contributed by atoms with E-state index in [1.54, 1.807) is 13.0 Å². The Morgan fingerprint density at radius 3 is 2.74 bits per heavy atom. The fourth-order valence-corrected chi connectivity index (χ4v) is 1.94. The maximum atomic E-state index is 13.5. The number of aryl methyl sites for hydroxylation is 1. The summed E-state index contributed by atoms with van der Waals surface area (Å²) in [6.07, 6.45) is -5.77. The molecular weight excluding hydrogens is 313 g/mol. The first kappa shape index (κ1) is 17.3. The molecule has 0 aliphatic rings. The second-order valence-electron chi connectivity index (χ2n) is 4.97. The summed E-state index contributed by atoms with van der Waals surface area (Å²) in [6.45, 7) is 0.664. The van der Waals surface area contributed by atoms with Crippen LogP contribution in [0.15, 0.2) is 28.7 Å². The van der Waals surface area contributed by atoms with Crippen molar-refractivity contribution in [3.8, 4) is 5.75 Å². The topological polar surface area (TPSA) is 68.4 Å². The summed E-state index contributed by atoms with van der Waals surface area (Å²) in [5.74, 6) is 0.681. The standard InChI is InChI=1S/C15H17F3N2O3/c1-9-19-20-14(22-9)8-13(21)10-3-2-4-11(7-10)23-15(18)12(17)5-6-16/h2-4,7,12-13,15,21H,5-6,8H2,1H3. The summed E-state index contributed by atoms with van der Waals surface area (Å²) in [4.78, 5) is 0. The number of alkyl halides is 3. The molecule has 0 aliphatic heterocycles. The zero-order valence-corrected chi connectivity index (χ0v) is 12.5. The van der Waals surface area contributed by atoms with Gasteiger partial charge in [-0.05, 0) is 17.7 Å². The zero-order valence-electron chi connectivity index (χ0n) is 12.5. The third kappa shape index (κ3) is 4.95. The number of ether oxygens (including phenoxy) is 1. The smallest absolute Gasteiger partial charge is 0.269 e. The number of rotatable bonds is 8. The van der Waals surface area contributed by atoms with Crippen molar-refractivity contribution in [2.45, 2.75) is 38.4 Å².